The Hall–Kier alpha value is -0.580. The van der Waals surface area contributed by atoms with Crippen molar-refractivity contribution in [1.82, 2.24) is 0 Å². The third kappa shape index (κ3) is 1.97. The predicted molar refractivity (Wildman–Crippen MR) is 52.9 cm³/mol. The van der Waals surface area contributed by atoms with Gasteiger partial charge >= 0.3 is 0 Å². The average molecular weight is 275 g/mol. The van der Waals surface area contributed by atoms with Gasteiger partial charge in [-0.3, -0.25) is 0 Å². The van der Waals surface area contributed by atoms with E-state index >= 15 is 0 Å². The van der Waals surface area contributed by atoms with Gasteiger partial charge in [0.15, 0.2) is 0 Å². The van der Waals surface area contributed by atoms with Gasteiger partial charge < -0.3 is 9.90 Å². The highest BCUT2D eigenvalue weighted by molar-refractivity contribution is 14.1. The van der Waals surface area contributed by atoms with E-state index < -0.39 is 9.89 Å². The molecule has 0 N–H and O–H groups in total. The van der Waals surface area contributed by atoms with Gasteiger partial charge in [-0.2, -0.15) is 0 Å². The number of halogens is 1. The Kier molecular flexibility index (Phi) is 3.08. The molecule has 64 valence electrons. The topological polar surface area (TPSA) is 40.1 Å². The van der Waals surface area contributed by atoms with Crippen LogP contribution in [-0.4, -0.2) is 5.97 Å². The van der Waals surface area contributed by atoms with Crippen LogP contribution in [-0.2, 0) is 4.79 Å². The standard InChI is InChI=1S/C9H9IO2/c1-6-4-2-3-5-7(6)8(10)9(11)12/h2-5,8H,1H3,(H,11,12)/p-1. The van der Waals surface area contributed by atoms with Gasteiger partial charge in [0.25, 0.3) is 0 Å². The Bertz CT molecular complexity index is 296. The summed E-state index contributed by atoms with van der Waals surface area (Å²) in [5.74, 6) is -1.04. The van der Waals surface area contributed by atoms with Crippen LogP contribution in [0.2, 0.25) is 0 Å². The molecule has 2 nitrogen and oxygen atoms in total. The molecule has 1 aromatic rings. The molecule has 1 atom stereocenters. The van der Waals surface area contributed by atoms with Crippen molar-refractivity contribution in [1.29, 1.82) is 0 Å². The lowest BCUT2D eigenvalue weighted by molar-refractivity contribution is -0.304. The molecule has 0 aliphatic heterocycles. The molecule has 3 heteroatoms. The maximum absolute atomic E-state index is 10.5. The van der Waals surface area contributed by atoms with Crippen molar-refractivity contribution in [3.05, 3.63) is 35.4 Å². The number of carboxylic acid groups (broad SMARTS) is 1. The Morgan fingerprint density at radius 2 is 2.08 bits per heavy atom. The molecule has 0 bridgehead atoms. The number of rotatable bonds is 2. The first-order valence-corrected chi connectivity index (χ1v) is 4.78. The van der Waals surface area contributed by atoms with Crippen LogP contribution in [0.3, 0.4) is 0 Å². The van der Waals surface area contributed by atoms with Gasteiger partial charge in [0.05, 0.1) is 9.89 Å². The number of hydrogen-bond acceptors (Lipinski definition) is 2. The molecule has 12 heavy (non-hydrogen) atoms. The van der Waals surface area contributed by atoms with Gasteiger partial charge in [-0.25, -0.2) is 0 Å². The number of alkyl halides is 1. The van der Waals surface area contributed by atoms with Crippen molar-refractivity contribution >= 4 is 28.6 Å². The quantitative estimate of drug-likeness (QED) is 0.601. The van der Waals surface area contributed by atoms with E-state index in [4.69, 9.17) is 0 Å². The van der Waals surface area contributed by atoms with Crippen LogP contribution in [0.4, 0.5) is 0 Å². The van der Waals surface area contributed by atoms with Crippen molar-refractivity contribution in [3.8, 4) is 0 Å². The molecule has 0 fully saturated rings. The zero-order valence-corrected chi connectivity index (χ0v) is 8.74. The van der Waals surface area contributed by atoms with Crippen LogP contribution >= 0.6 is 22.6 Å². The number of aryl methyl sites for hydroxylation is 1. The Labute approximate surface area is 84.7 Å². The molecule has 1 unspecified atom stereocenters. The molecule has 1 aromatic carbocycles. The van der Waals surface area contributed by atoms with E-state index in [1.165, 1.54) is 0 Å². The summed E-state index contributed by atoms with van der Waals surface area (Å²) in [7, 11) is 0. The van der Waals surface area contributed by atoms with Crippen molar-refractivity contribution < 1.29 is 9.90 Å². The minimum Gasteiger partial charge on any atom is -0.549 e. The van der Waals surface area contributed by atoms with Crippen LogP contribution < -0.4 is 5.11 Å². The first-order valence-electron chi connectivity index (χ1n) is 3.53. The average Bonchev–Trinajstić information content (AvgIpc) is 2.04. The third-order valence-corrected chi connectivity index (χ3v) is 2.85. The molecule has 0 radical (unpaired) electrons. The summed E-state index contributed by atoms with van der Waals surface area (Å²) in [4.78, 5) is 10.5. The first-order chi connectivity index (χ1) is 5.63. The molecule has 0 saturated carbocycles. The van der Waals surface area contributed by atoms with Crippen molar-refractivity contribution in [2.45, 2.75) is 10.8 Å². The van der Waals surface area contributed by atoms with E-state index in [9.17, 15) is 9.90 Å². The van der Waals surface area contributed by atoms with E-state index in [1.54, 1.807) is 0 Å². The summed E-state index contributed by atoms with van der Waals surface area (Å²) in [6, 6.07) is 7.42. The molecule has 0 spiro atoms. The zero-order valence-electron chi connectivity index (χ0n) is 6.58. The highest BCUT2D eigenvalue weighted by Gasteiger charge is 2.09. The Balaban J connectivity index is 3.02. The summed E-state index contributed by atoms with van der Waals surface area (Å²) in [5.41, 5.74) is 1.80. The fourth-order valence-electron chi connectivity index (χ4n) is 0.998. The van der Waals surface area contributed by atoms with Crippen LogP contribution in [0.5, 0.6) is 0 Å². The molecular weight excluding hydrogens is 267 g/mol. The van der Waals surface area contributed by atoms with Gasteiger partial charge in [-0.05, 0) is 18.1 Å². The number of carbonyl (C=O) groups excluding carboxylic acids is 1. The predicted octanol–water partition coefficient (Wildman–Crippen LogP) is 1.22. The zero-order chi connectivity index (χ0) is 9.14. The maximum Gasteiger partial charge on any atom is 0.0756 e. The van der Waals surface area contributed by atoms with Crippen molar-refractivity contribution in [2.75, 3.05) is 0 Å². The molecule has 0 heterocycles. The largest absolute Gasteiger partial charge is 0.549 e. The van der Waals surface area contributed by atoms with E-state index in [1.807, 2.05) is 53.8 Å². The van der Waals surface area contributed by atoms with Gasteiger partial charge in [-0.15, -0.1) is 0 Å². The van der Waals surface area contributed by atoms with Gasteiger partial charge in [0, 0.05) is 0 Å². The summed E-state index contributed by atoms with van der Waals surface area (Å²) in [6.45, 7) is 1.89. The molecular formula is C9H8IO2-. The van der Waals surface area contributed by atoms with Crippen molar-refractivity contribution in [3.63, 3.8) is 0 Å². The number of hydrogen-bond donors (Lipinski definition) is 0. The van der Waals surface area contributed by atoms with E-state index in [2.05, 4.69) is 0 Å². The second kappa shape index (κ2) is 3.89. The molecule has 0 aromatic heterocycles. The fourth-order valence-corrected chi connectivity index (χ4v) is 1.70. The Morgan fingerprint density at radius 3 is 2.58 bits per heavy atom. The highest BCUT2D eigenvalue weighted by atomic mass is 127. The van der Waals surface area contributed by atoms with Gasteiger partial charge in [0.2, 0.25) is 0 Å². The summed E-state index contributed by atoms with van der Waals surface area (Å²) >= 11 is 1.86. The minimum absolute atomic E-state index is 0.552. The minimum atomic E-state index is -1.04. The summed E-state index contributed by atoms with van der Waals surface area (Å²) in [5, 5.41) is 10.5. The second-order valence-corrected chi connectivity index (χ2v) is 3.78. The van der Waals surface area contributed by atoms with Crippen molar-refractivity contribution in [2.24, 2.45) is 0 Å². The third-order valence-electron chi connectivity index (χ3n) is 1.67. The first kappa shape index (κ1) is 9.51. The van der Waals surface area contributed by atoms with Gasteiger partial charge in [-0.1, -0.05) is 46.9 Å². The van der Waals surface area contributed by atoms with E-state index in [-0.39, 0.29) is 0 Å². The second-order valence-electron chi connectivity index (χ2n) is 2.54. The lowest BCUT2D eigenvalue weighted by Gasteiger charge is -2.13. The van der Waals surface area contributed by atoms with Gasteiger partial charge in [0.1, 0.15) is 0 Å². The number of aliphatic carboxylic acids is 1. The lowest BCUT2D eigenvalue weighted by atomic mass is 10.1. The smallest absolute Gasteiger partial charge is 0.0756 e. The maximum atomic E-state index is 10.5. The highest BCUT2D eigenvalue weighted by Crippen LogP contribution is 2.24. The van der Waals surface area contributed by atoms with Crippen LogP contribution in [0, 0.1) is 6.92 Å². The van der Waals surface area contributed by atoms with Crippen LogP contribution in [0.1, 0.15) is 15.1 Å². The number of benzene rings is 1. The fraction of sp³-hybridized carbons (Fsp3) is 0.222. The number of carboxylic acids is 1. The Morgan fingerprint density at radius 1 is 1.50 bits per heavy atom. The normalized spacial score (nSPS) is 12.5. The summed E-state index contributed by atoms with van der Waals surface area (Å²) in [6.07, 6.45) is 0. The van der Waals surface area contributed by atoms with Crippen LogP contribution in [0.15, 0.2) is 24.3 Å². The SMILES string of the molecule is Cc1ccccc1C(I)C(=O)[O-]. The monoisotopic (exact) mass is 275 g/mol. The lowest BCUT2D eigenvalue weighted by Crippen LogP contribution is -2.26. The molecule has 0 aliphatic carbocycles. The molecule has 0 saturated heterocycles. The van der Waals surface area contributed by atoms with E-state index in [0.717, 1.165) is 11.1 Å². The molecule has 1 rings (SSSR count). The van der Waals surface area contributed by atoms with E-state index in [0.29, 0.717) is 0 Å². The van der Waals surface area contributed by atoms with Crippen LogP contribution in [0.25, 0.3) is 0 Å². The number of carbonyl (C=O) groups is 1. The summed E-state index contributed by atoms with van der Waals surface area (Å²) < 4.78 is -0.552. The molecule has 0 amide bonds. The molecule has 0 aliphatic rings.